The quantitative estimate of drug-likeness (QED) is 0.643. The molecule has 0 spiro atoms. The molecular weight excluding hydrogens is 144 g/mol. The maximum absolute atomic E-state index is 8.76. The standard InChI is InChI=1S/C8H10O3/c1-2-6(8(9)10)7-4-3-5-11-7/h3-5,9-10H,2H2,1H3. The van der Waals surface area contributed by atoms with Gasteiger partial charge in [-0.05, 0) is 18.6 Å². The highest BCUT2D eigenvalue weighted by molar-refractivity contribution is 5.61. The van der Waals surface area contributed by atoms with Gasteiger partial charge in [0.25, 0.3) is 5.95 Å². The van der Waals surface area contributed by atoms with Gasteiger partial charge in [0.15, 0.2) is 0 Å². The van der Waals surface area contributed by atoms with E-state index >= 15 is 0 Å². The molecule has 0 aromatic carbocycles. The van der Waals surface area contributed by atoms with Crippen LogP contribution in [0.5, 0.6) is 0 Å². The van der Waals surface area contributed by atoms with Crippen molar-refractivity contribution in [2.45, 2.75) is 13.3 Å². The second-order valence-electron chi connectivity index (χ2n) is 2.13. The normalized spacial score (nSPS) is 9.55. The van der Waals surface area contributed by atoms with E-state index in [1.54, 1.807) is 12.1 Å². The summed E-state index contributed by atoms with van der Waals surface area (Å²) in [4.78, 5) is 0. The summed E-state index contributed by atoms with van der Waals surface area (Å²) < 4.78 is 4.97. The van der Waals surface area contributed by atoms with Crippen LogP contribution in [-0.2, 0) is 0 Å². The minimum Gasteiger partial charge on any atom is -0.481 e. The minimum atomic E-state index is -0.664. The number of hydrogen-bond acceptors (Lipinski definition) is 3. The Kier molecular flexibility index (Phi) is 2.21. The van der Waals surface area contributed by atoms with Crippen molar-refractivity contribution in [1.29, 1.82) is 0 Å². The molecule has 60 valence electrons. The van der Waals surface area contributed by atoms with Crippen LogP contribution in [0.1, 0.15) is 19.1 Å². The van der Waals surface area contributed by atoms with E-state index in [4.69, 9.17) is 14.6 Å². The SMILES string of the molecule is CCC(=C(O)O)c1ccco1. The van der Waals surface area contributed by atoms with Crippen LogP contribution < -0.4 is 0 Å². The Morgan fingerprint density at radius 3 is 2.64 bits per heavy atom. The molecule has 0 aliphatic heterocycles. The summed E-state index contributed by atoms with van der Waals surface area (Å²) in [7, 11) is 0. The zero-order valence-electron chi connectivity index (χ0n) is 6.24. The fourth-order valence-corrected chi connectivity index (χ4v) is 0.893. The zero-order chi connectivity index (χ0) is 8.27. The van der Waals surface area contributed by atoms with E-state index < -0.39 is 5.95 Å². The summed E-state index contributed by atoms with van der Waals surface area (Å²) in [6, 6.07) is 3.39. The molecule has 0 bridgehead atoms. The first-order valence-electron chi connectivity index (χ1n) is 3.40. The number of aliphatic hydroxyl groups excluding tert-OH is 1. The van der Waals surface area contributed by atoms with Gasteiger partial charge < -0.3 is 14.6 Å². The molecule has 2 N–H and O–H groups in total. The van der Waals surface area contributed by atoms with Gasteiger partial charge in [0.2, 0.25) is 0 Å². The lowest BCUT2D eigenvalue weighted by molar-refractivity contribution is 0.192. The lowest BCUT2D eigenvalue weighted by Crippen LogP contribution is -1.86. The third kappa shape index (κ3) is 1.55. The van der Waals surface area contributed by atoms with E-state index in [9.17, 15) is 0 Å². The average Bonchev–Trinajstić information content (AvgIpc) is 2.40. The van der Waals surface area contributed by atoms with Gasteiger partial charge in [0.1, 0.15) is 5.76 Å². The molecular formula is C8H10O3. The molecule has 1 heterocycles. The predicted octanol–water partition coefficient (Wildman–Crippen LogP) is 2.47. The molecule has 3 nitrogen and oxygen atoms in total. The first kappa shape index (κ1) is 7.72. The van der Waals surface area contributed by atoms with Crippen molar-refractivity contribution < 1.29 is 14.6 Å². The van der Waals surface area contributed by atoms with Gasteiger partial charge in [-0.1, -0.05) is 6.92 Å². The molecule has 0 amide bonds. The summed E-state index contributed by atoms with van der Waals surface area (Å²) in [5, 5.41) is 17.5. The third-order valence-electron chi connectivity index (χ3n) is 1.44. The van der Waals surface area contributed by atoms with Crippen LogP contribution in [0.25, 0.3) is 5.57 Å². The molecule has 0 aliphatic carbocycles. The topological polar surface area (TPSA) is 53.6 Å². The second-order valence-corrected chi connectivity index (χ2v) is 2.13. The maximum atomic E-state index is 8.76. The molecule has 1 aromatic rings. The van der Waals surface area contributed by atoms with Crippen LogP contribution in [0.3, 0.4) is 0 Å². The van der Waals surface area contributed by atoms with Crippen LogP contribution in [0, 0.1) is 0 Å². The molecule has 1 rings (SSSR count). The molecule has 0 saturated heterocycles. The number of aliphatic hydroxyl groups is 2. The Labute approximate surface area is 64.6 Å². The predicted molar refractivity (Wildman–Crippen MR) is 41.2 cm³/mol. The monoisotopic (exact) mass is 154 g/mol. The summed E-state index contributed by atoms with van der Waals surface area (Å²) in [5.74, 6) is -0.157. The van der Waals surface area contributed by atoms with E-state index in [0.717, 1.165) is 0 Å². The molecule has 0 aliphatic rings. The Morgan fingerprint density at radius 1 is 1.55 bits per heavy atom. The van der Waals surface area contributed by atoms with Crippen LogP contribution in [0.15, 0.2) is 28.8 Å². The Bertz CT molecular complexity index is 242. The highest BCUT2D eigenvalue weighted by atomic mass is 16.5. The van der Waals surface area contributed by atoms with Gasteiger partial charge in [-0.2, -0.15) is 0 Å². The summed E-state index contributed by atoms with van der Waals surface area (Å²) in [6.07, 6.45) is 2.03. The van der Waals surface area contributed by atoms with Crippen LogP contribution in [0.4, 0.5) is 0 Å². The van der Waals surface area contributed by atoms with Crippen LogP contribution in [0.2, 0.25) is 0 Å². The van der Waals surface area contributed by atoms with Crippen molar-refractivity contribution in [3.05, 3.63) is 30.1 Å². The smallest absolute Gasteiger partial charge is 0.281 e. The van der Waals surface area contributed by atoms with Crippen LogP contribution in [-0.4, -0.2) is 10.2 Å². The van der Waals surface area contributed by atoms with Gasteiger partial charge in [0.05, 0.1) is 11.8 Å². The highest BCUT2D eigenvalue weighted by Gasteiger charge is 2.07. The lowest BCUT2D eigenvalue weighted by atomic mass is 10.2. The van der Waals surface area contributed by atoms with Gasteiger partial charge in [-0.15, -0.1) is 0 Å². The zero-order valence-corrected chi connectivity index (χ0v) is 6.24. The Balaban J connectivity index is 2.99. The summed E-state index contributed by atoms with van der Waals surface area (Å²) in [6.45, 7) is 1.82. The average molecular weight is 154 g/mol. The van der Waals surface area contributed by atoms with Crippen LogP contribution >= 0.6 is 0 Å². The molecule has 1 aromatic heterocycles. The molecule has 0 atom stereocenters. The van der Waals surface area contributed by atoms with E-state index in [-0.39, 0.29) is 0 Å². The van der Waals surface area contributed by atoms with Gasteiger partial charge in [-0.3, -0.25) is 0 Å². The molecule has 0 radical (unpaired) electrons. The highest BCUT2D eigenvalue weighted by Crippen LogP contribution is 2.19. The lowest BCUT2D eigenvalue weighted by Gasteiger charge is -1.98. The van der Waals surface area contributed by atoms with Gasteiger partial charge in [-0.25, -0.2) is 0 Å². The van der Waals surface area contributed by atoms with Crippen molar-refractivity contribution in [2.75, 3.05) is 0 Å². The number of allylic oxidation sites excluding steroid dienone is 1. The first-order valence-corrected chi connectivity index (χ1v) is 3.40. The maximum Gasteiger partial charge on any atom is 0.281 e. The minimum absolute atomic E-state index is 0.426. The molecule has 0 fully saturated rings. The summed E-state index contributed by atoms with van der Waals surface area (Å²) in [5.41, 5.74) is 0.426. The molecule has 0 saturated carbocycles. The van der Waals surface area contributed by atoms with E-state index in [0.29, 0.717) is 17.8 Å². The number of rotatable bonds is 2. The van der Waals surface area contributed by atoms with Crippen molar-refractivity contribution >= 4 is 5.57 Å². The third-order valence-corrected chi connectivity index (χ3v) is 1.44. The van der Waals surface area contributed by atoms with Crippen molar-refractivity contribution in [3.63, 3.8) is 0 Å². The second kappa shape index (κ2) is 3.14. The molecule has 11 heavy (non-hydrogen) atoms. The van der Waals surface area contributed by atoms with Gasteiger partial charge in [0, 0.05) is 0 Å². The summed E-state index contributed by atoms with van der Waals surface area (Å²) >= 11 is 0. The van der Waals surface area contributed by atoms with E-state index in [1.807, 2.05) is 6.92 Å². The largest absolute Gasteiger partial charge is 0.481 e. The van der Waals surface area contributed by atoms with E-state index in [1.165, 1.54) is 6.26 Å². The van der Waals surface area contributed by atoms with Crippen molar-refractivity contribution in [1.82, 2.24) is 0 Å². The number of furan rings is 1. The Morgan fingerprint density at radius 2 is 2.27 bits per heavy atom. The first-order chi connectivity index (χ1) is 5.25. The Hall–Kier alpha value is -1.38. The van der Waals surface area contributed by atoms with Crippen molar-refractivity contribution in [2.24, 2.45) is 0 Å². The fourth-order valence-electron chi connectivity index (χ4n) is 0.893. The number of hydrogen-bond donors (Lipinski definition) is 2. The van der Waals surface area contributed by atoms with E-state index in [2.05, 4.69) is 0 Å². The molecule has 0 unspecified atom stereocenters. The fraction of sp³-hybridized carbons (Fsp3) is 0.250. The van der Waals surface area contributed by atoms with Crippen molar-refractivity contribution in [3.8, 4) is 0 Å². The molecule has 3 heteroatoms. The van der Waals surface area contributed by atoms with Gasteiger partial charge >= 0.3 is 0 Å².